The van der Waals surface area contributed by atoms with E-state index in [-0.39, 0.29) is 5.84 Å². The van der Waals surface area contributed by atoms with Crippen LogP contribution >= 0.6 is 27.7 Å². The Balaban J connectivity index is 2.39. The molecule has 2 atom stereocenters. The average Bonchev–Trinajstić information content (AvgIpc) is 2.36. The lowest BCUT2D eigenvalue weighted by Crippen LogP contribution is -2.41. The van der Waals surface area contributed by atoms with E-state index in [9.17, 15) is 0 Å². The Hall–Kier alpha value is -0.880. The number of halogens is 1. The maximum absolute atomic E-state index is 8.91. The molecule has 1 saturated heterocycles. The second-order valence-corrected chi connectivity index (χ2v) is 7.61. The molecule has 1 heterocycles. The zero-order chi connectivity index (χ0) is 14.0. The highest BCUT2D eigenvalue weighted by atomic mass is 79.9. The van der Waals surface area contributed by atoms with Crippen molar-refractivity contribution < 1.29 is 5.21 Å². The Morgan fingerprint density at radius 2 is 2.05 bits per heavy atom. The molecular formula is C13H18BrN3OS. The largest absolute Gasteiger partial charge is 0.409 e. The maximum atomic E-state index is 8.91. The standard InChI is InChI=1S/C13H18BrN3OS/c1-8-6-17(7-9(2)19-8)12-5-10(14)3-4-11(12)13(15)16-18/h3-5,8-9,18H,6-7H2,1-2H3,(H2,15,16). The second kappa shape index (κ2) is 6.05. The molecule has 0 amide bonds. The molecular weight excluding hydrogens is 326 g/mol. The molecule has 1 aromatic carbocycles. The molecule has 6 heteroatoms. The van der Waals surface area contributed by atoms with Gasteiger partial charge in [0.05, 0.1) is 0 Å². The fraction of sp³-hybridized carbons (Fsp3) is 0.462. The summed E-state index contributed by atoms with van der Waals surface area (Å²) >= 11 is 5.49. The van der Waals surface area contributed by atoms with Gasteiger partial charge in [-0.05, 0) is 18.2 Å². The number of oxime groups is 1. The SMILES string of the molecule is CC1CN(c2cc(Br)ccc2/C(N)=N/O)CC(C)S1. The Labute approximate surface area is 126 Å². The van der Waals surface area contributed by atoms with E-state index >= 15 is 0 Å². The van der Waals surface area contributed by atoms with Gasteiger partial charge in [-0.3, -0.25) is 0 Å². The number of nitrogens with two attached hydrogens (primary N) is 1. The summed E-state index contributed by atoms with van der Waals surface area (Å²) in [6.45, 7) is 6.40. The average molecular weight is 344 g/mol. The summed E-state index contributed by atoms with van der Waals surface area (Å²) in [7, 11) is 0. The second-order valence-electron chi connectivity index (χ2n) is 4.81. The van der Waals surface area contributed by atoms with Gasteiger partial charge in [-0.1, -0.05) is 34.9 Å². The smallest absolute Gasteiger partial charge is 0.172 e. The van der Waals surface area contributed by atoms with E-state index in [4.69, 9.17) is 10.9 Å². The van der Waals surface area contributed by atoms with Crippen LogP contribution in [0.3, 0.4) is 0 Å². The van der Waals surface area contributed by atoms with E-state index in [1.807, 2.05) is 30.0 Å². The summed E-state index contributed by atoms with van der Waals surface area (Å²) in [6.07, 6.45) is 0. The van der Waals surface area contributed by atoms with Crippen molar-refractivity contribution in [2.75, 3.05) is 18.0 Å². The molecule has 1 aromatic rings. The van der Waals surface area contributed by atoms with Crippen molar-refractivity contribution in [1.82, 2.24) is 0 Å². The normalized spacial score (nSPS) is 24.6. The number of rotatable bonds is 2. The van der Waals surface area contributed by atoms with E-state index in [0.717, 1.165) is 28.8 Å². The van der Waals surface area contributed by atoms with Crippen molar-refractivity contribution in [3.8, 4) is 0 Å². The van der Waals surface area contributed by atoms with Crippen molar-refractivity contribution in [3.63, 3.8) is 0 Å². The minimum Gasteiger partial charge on any atom is -0.409 e. The van der Waals surface area contributed by atoms with Crippen molar-refractivity contribution in [2.45, 2.75) is 24.3 Å². The van der Waals surface area contributed by atoms with Crippen LogP contribution in [0.25, 0.3) is 0 Å². The van der Waals surface area contributed by atoms with Gasteiger partial charge in [0.15, 0.2) is 5.84 Å². The first-order valence-corrected chi connectivity index (χ1v) is 7.92. The van der Waals surface area contributed by atoms with Gasteiger partial charge < -0.3 is 15.8 Å². The predicted octanol–water partition coefficient (Wildman–Crippen LogP) is 2.87. The summed E-state index contributed by atoms with van der Waals surface area (Å²) in [5, 5.41) is 13.2. The number of anilines is 1. The van der Waals surface area contributed by atoms with Crippen LogP contribution < -0.4 is 10.6 Å². The first kappa shape index (κ1) is 14.5. The fourth-order valence-electron chi connectivity index (χ4n) is 2.41. The van der Waals surface area contributed by atoms with Crippen LogP contribution in [-0.2, 0) is 0 Å². The van der Waals surface area contributed by atoms with Gasteiger partial charge >= 0.3 is 0 Å². The van der Waals surface area contributed by atoms with Gasteiger partial charge in [-0.25, -0.2) is 0 Å². The van der Waals surface area contributed by atoms with Gasteiger partial charge in [-0.15, -0.1) is 0 Å². The Morgan fingerprint density at radius 3 is 2.63 bits per heavy atom. The van der Waals surface area contributed by atoms with Gasteiger partial charge in [-0.2, -0.15) is 11.8 Å². The zero-order valence-corrected chi connectivity index (χ0v) is 13.4. The molecule has 0 aliphatic carbocycles. The number of hydrogen-bond acceptors (Lipinski definition) is 4. The number of benzene rings is 1. The van der Waals surface area contributed by atoms with Crippen LogP contribution in [0.15, 0.2) is 27.8 Å². The van der Waals surface area contributed by atoms with Crippen LogP contribution in [0.1, 0.15) is 19.4 Å². The van der Waals surface area contributed by atoms with Gasteiger partial charge in [0.1, 0.15) is 0 Å². The quantitative estimate of drug-likeness (QED) is 0.375. The molecule has 1 fully saturated rings. The van der Waals surface area contributed by atoms with Crippen molar-refractivity contribution >= 4 is 39.2 Å². The Morgan fingerprint density at radius 1 is 1.42 bits per heavy atom. The minimum atomic E-state index is 0.154. The summed E-state index contributed by atoms with van der Waals surface area (Å²) < 4.78 is 0.996. The first-order valence-electron chi connectivity index (χ1n) is 6.19. The van der Waals surface area contributed by atoms with Crippen molar-refractivity contribution in [1.29, 1.82) is 0 Å². The van der Waals surface area contributed by atoms with Crippen LogP contribution in [-0.4, -0.2) is 34.6 Å². The molecule has 0 spiro atoms. The number of hydrogen-bond donors (Lipinski definition) is 2. The van der Waals surface area contributed by atoms with E-state index in [2.05, 4.69) is 39.8 Å². The zero-order valence-electron chi connectivity index (χ0n) is 11.0. The molecule has 2 unspecified atom stereocenters. The molecule has 1 aliphatic rings. The predicted molar refractivity (Wildman–Crippen MR) is 85.4 cm³/mol. The van der Waals surface area contributed by atoms with E-state index in [1.54, 1.807) is 0 Å². The third-order valence-electron chi connectivity index (χ3n) is 3.10. The van der Waals surface area contributed by atoms with E-state index in [1.165, 1.54) is 0 Å². The lowest BCUT2D eigenvalue weighted by atomic mass is 10.1. The van der Waals surface area contributed by atoms with Crippen molar-refractivity contribution in [2.24, 2.45) is 10.9 Å². The molecule has 4 nitrogen and oxygen atoms in total. The summed E-state index contributed by atoms with van der Waals surface area (Å²) in [5.41, 5.74) is 7.57. The van der Waals surface area contributed by atoms with Crippen molar-refractivity contribution in [3.05, 3.63) is 28.2 Å². The lowest BCUT2D eigenvalue weighted by Gasteiger charge is -2.37. The summed E-state index contributed by atoms with van der Waals surface area (Å²) in [4.78, 5) is 2.31. The Bertz CT molecular complexity index is 485. The molecule has 19 heavy (non-hydrogen) atoms. The van der Waals surface area contributed by atoms with Crippen LogP contribution in [0, 0.1) is 0 Å². The number of amidine groups is 1. The summed E-state index contributed by atoms with van der Waals surface area (Å²) in [6, 6.07) is 5.82. The van der Waals surface area contributed by atoms with Crippen LogP contribution in [0.4, 0.5) is 5.69 Å². The van der Waals surface area contributed by atoms with Gasteiger partial charge in [0, 0.05) is 39.3 Å². The van der Waals surface area contributed by atoms with E-state index < -0.39 is 0 Å². The summed E-state index contributed by atoms with van der Waals surface area (Å²) in [5.74, 6) is 0.154. The molecule has 104 valence electrons. The van der Waals surface area contributed by atoms with E-state index in [0.29, 0.717) is 10.5 Å². The van der Waals surface area contributed by atoms with Gasteiger partial charge in [0.25, 0.3) is 0 Å². The third kappa shape index (κ3) is 3.36. The molecule has 0 bridgehead atoms. The Kier molecular flexibility index (Phi) is 4.62. The molecule has 3 N–H and O–H groups in total. The fourth-order valence-corrected chi connectivity index (χ4v) is 4.09. The monoisotopic (exact) mass is 343 g/mol. The molecule has 1 aliphatic heterocycles. The highest BCUT2D eigenvalue weighted by Gasteiger charge is 2.24. The first-order chi connectivity index (χ1) is 9.01. The lowest BCUT2D eigenvalue weighted by molar-refractivity contribution is 0.318. The minimum absolute atomic E-state index is 0.154. The maximum Gasteiger partial charge on any atom is 0.172 e. The third-order valence-corrected chi connectivity index (χ3v) is 4.82. The molecule has 0 saturated carbocycles. The highest BCUT2D eigenvalue weighted by Crippen LogP contribution is 2.32. The molecule has 0 radical (unpaired) electrons. The number of nitrogens with zero attached hydrogens (tertiary/aromatic N) is 2. The molecule has 0 aromatic heterocycles. The van der Waals surface area contributed by atoms with Crippen LogP contribution in [0.2, 0.25) is 0 Å². The van der Waals surface area contributed by atoms with Gasteiger partial charge in [0.2, 0.25) is 0 Å². The molecule has 2 rings (SSSR count). The number of thioether (sulfide) groups is 1. The van der Waals surface area contributed by atoms with Crippen LogP contribution in [0.5, 0.6) is 0 Å². The topological polar surface area (TPSA) is 61.8 Å². The highest BCUT2D eigenvalue weighted by molar-refractivity contribution is 9.10.